The lowest BCUT2D eigenvalue weighted by molar-refractivity contribution is 0.0697. The van der Waals surface area contributed by atoms with Crippen molar-refractivity contribution in [3.8, 4) is 0 Å². The van der Waals surface area contributed by atoms with E-state index in [0.29, 0.717) is 17.5 Å². The lowest BCUT2D eigenvalue weighted by Crippen LogP contribution is -2.28. The van der Waals surface area contributed by atoms with Crippen molar-refractivity contribution >= 4 is 27.6 Å². The molecule has 0 aromatic heterocycles. The number of nitrogens with zero attached hydrogens (tertiary/aromatic N) is 1. The van der Waals surface area contributed by atoms with Crippen LogP contribution in [-0.4, -0.2) is 23.7 Å². The number of benzene rings is 1. The van der Waals surface area contributed by atoms with Crippen molar-refractivity contribution in [3.05, 3.63) is 28.2 Å². The van der Waals surface area contributed by atoms with E-state index in [0.717, 1.165) is 23.1 Å². The highest BCUT2D eigenvalue weighted by Crippen LogP contribution is 2.36. The van der Waals surface area contributed by atoms with Crippen LogP contribution >= 0.6 is 15.9 Å². The van der Waals surface area contributed by atoms with Gasteiger partial charge in [0.2, 0.25) is 0 Å². The van der Waals surface area contributed by atoms with E-state index < -0.39 is 5.97 Å². The Morgan fingerprint density at radius 1 is 1.47 bits per heavy atom. The molecule has 0 atom stereocenters. The summed E-state index contributed by atoms with van der Waals surface area (Å²) in [6.07, 6.45) is 3.64. The summed E-state index contributed by atoms with van der Waals surface area (Å²) in [6, 6.07) is 5.94. The second-order valence-electron chi connectivity index (χ2n) is 5.58. The summed E-state index contributed by atoms with van der Waals surface area (Å²) in [6.45, 7) is 5.49. The standard InChI is InChI=1S/C15H20BrNO2/c1-10(2)7-8-17(12-4-5-12)14-6-3-11(15(18)19)9-13(14)16/h3,6,9-10,12H,4-5,7-8H2,1-2H3,(H,18,19). The Hall–Kier alpha value is -1.03. The fourth-order valence-electron chi connectivity index (χ4n) is 2.16. The molecule has 2 rings (SSSR count). The quantitative estimate of drug-likeness (QED) is 0.853. The molecule has 104 valence electrons. The van der Waals surface area contributed by atoms with Crippen molar-refractivity contribution in [2.24, 2.45) is 5.92 Å². The number of halogens is 1. The lowest BCUT2D eigenvalue weighted by Gasteiger charge is -2.27. The summed E-state index contributed by atoms with van der Waals surface area (Å²) in [5, 5.41) is 9.00. The van der Waals surface area contributed by atoms with Crippen LogP contribution in [0, 0.1) is 5.92 Å². The third-order valence-corrected chi connectivity index (χ3v) is 4.07. The molecule has 0 bridgehead atoms. The Bertz CT molecular complexity index is 469. The van der Waals surface area contributed by atoms with Crippen LogP contribution in [0.2, 0.25) is 0 Å². The van der Waals surface area contributed by atoms with Gasteiger partial charge in [-0.15, -0.1) is 0 Å². The number of rotatable bonds is 6. The topological polar surface area (TPSA) is 40.5 Å². The first-order valence-electron chi connectivity index (χ1n) is 6.78. The molecule has 1 aromatic rings. The maximum Gasteiger partial charge on any atom is 0.335 e. The summed E-state index contributed by atoms with van der Waals surface area (Å²) in [4.78, 5) is 13.4. The van der Waals surface area contributed by atoms with E-state index in [1.54, 1.807) is 12.1 Å². The molecule has 1 fully saturated rings. The largest absolute Gasteiger partial charge is 0.478 e. The van der Waals surface area contributed by atoms with Crippen molar-refractivity contribution in [1.29, 1.82) is 0 Å². The zero-order valence-corrected chi connectivity index (χ0v) is 13.0. The molecule has 0 saturated heterocycles. The molecule has 19 heavy (non-hydrogen) atoms. The maximum atomic E-state index is 11.0. The number of carbonyl (C=O) groups is 1. The third-order valence-electron chi connectivity index (χ3n) is 3.44. The Morgan fingerprint density at radius 3 is 2.63 bits per heavy atom. The smallest absolute Gasteiger partial charge is 0.335 e. The predicted molar refractivity (Wildman–Crippen MR) is 80.9 cm³/mol. The van der Waals surface area contributed by atoms with Gasteiger partial charge in [0.05, 0.1) is 11.3 Å². The number of carboxylic acids is 1. The van der Waals surface area contributed by atoms with Crippen molar-refractivity contribution in [1.82, 2.24) is 0 Å². The van der Waals surface area contributed by atoms with Gasteiger partial charge in [-0.3, -0.25) is 0 Å². The second-order valence-corrected chi connectivity index (χ2v) is 6.43. The van der Waals surface area contributed by atoms with Crippen LogP contribution in [0.15, 0.2) is 22.7 Å². The van der Waals surface area contributed by atoms with Gasteiger partial charge in [0, 0.05) is 17.1 Å². The molecule has 0 radical (unpaired) electrons. The predicted octanol–water partition coefficient (Wildman–Crippen LogP) is 4.16. The molecule has 0 unspecified atom stereocenters. The van der Waals surface area contributed by atoms with Crippen LogP contribution in [0.4, 0.5) is 5.69 Å². The average Bonchev–Trinajstić information content (AvgIpc) is 3.14. The highest BCUT2D eigenvalue weighted by atomic mass is 79.9. The van der Waals surface area contributed by atoms with Gasteiger partial charge >= 0.3 is 5.97 Å². The van der Waals surface area contributed by atoms with Crippen LogP contribution in [0.3, 0.4) is 0 Å². The molecule has 3 nitrogen and oxygen atoms in total. The van der Waals surface area contributed by atoms with E-state index >= 15 is 0 Å². The SMILES string of the molecule is CC(C)CCN(c1ccc(C(=O)O)cc1Br)C1CC1. The average molecular weight is 326 g/mol. The minimum absolute atomic E-state index is 0.329. The Balaban J connectivity index is 2.19. The summed E-state index contributed by atoms with van der Waals surface area (Å²) in [5.74, 6) is -0.203. The molecule has 1 aliphatic rings. The van der Waals surface area contributed by atoms with E-state index in [1.807, 2.05) is 6.07 Å². The molecule has 0 aliphatic heterocycles. The van der Waals surface area contributed by atoms with Gasteiger partial charge in [-0.05, 0) is 59.3 Å². The number of hydrogen-bond donors (Lipinski definition) is 1. The van der Waals surface area contributed by atoms with Crippen LogP contribution < -0.4 is 4.90 Å². The number of carboxylic acid groups (broad SMARTS) is 1. The molecule has 1 aliphatic carbocycles. The molecule has 4 heteroatoms. The second kappa shape index (κ2) is 5.95. The minimum atomic E-state index is -0.882. The number of hydrogen-bond acceptors (Lipinski definition) is 2. The molecule has 1 saturated carbocycles. The first kappa shape index (κ1) is 14.4. The third kappa shape index (κ3) is 3.72. The highest BCUT2D eigenvalue weighted by molar-refractivity contribution is 9.10. The Labute approximate surface area is 122 Å². The Morgan fingerprint density at radius 2 is 2.16 bits per heavy atom. The summed E-state index contributed by atoms with van der Waals surface area (Å²) >= 11 is 3.51. The number of anilines is 1. The molecule has 1 aromatic carbocycles. The normalized spacial score (nSPS) is 14.7. The van der Waals surface area contributed by atoms with Gasteiger partial charge in [-0.25, -0.2) is 4.79 Å². The van der Waals surface area contributed by atoms with Crippen molar-refractivity contribution in [3.63, 3.8) is 0 Å². The van der Waals surface area contributed by atoms with Gasteiger partial charge in [-0.2, -0.15) is 0 Å². The fraction of sp³-hybridized carbons (Fsp3) is 0.533. The highest BCUT2D eigenvalue weighted by Gasteiger charge is 2.30. The van der Waals surface area contributed by atoms with Crippen LogP contribution in [-0.2, 0) is 0 Å². The van der Waals surface area contributed by atoms with E-state index in [9.17, 15) is 4.79 Å². The van der Waals surface area contributed by atoms with E-state index in [-0.39, 0.29) is 0 Å². The van der Waals surface area contributed by atoms with Crippen LogP contribution in [0.5, 0.6) is 0 Å². The van der Waals surface area contributed by atoms with Crippen molar-refractivity contribution in [2.45, 2.75) is 39.2 Å². The molecular weight excluding hydrogens is 306 g/mol. The van der Waals surface area contributed by atoms with Gasteiger partial charge in [0.1, 0.15) is 0 Å². The molecule has 0 spiro atoms. The van der Waals surface area contributed by atoms with Crippen LogP contribution in [0.1, 0.15) is 43.5 Å². The summed E-state index contributed by atoms with van der Waals surface area (Å²) < 4.78 is 0.878. The molecular formula is C15H20BrNO2. The summed E-state index contributed by atoms with van der Waals surface area (Å²) in [7, 11) is 0. The lowest BCUT2D eigenvalue weighted by atomic mass is 10.1. The van der Waals surface area contributed by atoms with Crippen molar-refractivity contribution < 1.29 is 9.90 Å². The first-order valence-corrected chi connectivity index (χ1v) is 7.58. The fourth-order valence-corrected chi connectivity index (χ4v) is 2.76. The molecule has 1 N–H and O–H groups in total. The van der Waals surface area contributed by atoms with E-state index in [1.165, 1.54) is 12.8 Å². The van der Waals surface area contributed by atoms with Gasteiger partial charge in [0.15, 0.2) is 0 Å². The van der Waals surface area contributed by atoms with Gasteiger partial charge < -0.3 is 10.0 Å². The maximum absolute atomic E-state index is 11.0. The van der Waals surface area contributed by atoms with Crippen molar-refractivity contribution in [2.75, 3.05) is 11.4 Å². The Kier molecular flexibility index (Phi) is 4.50. The molecule has 0 amide bonds. The van der Waals surface area contributed by atoms with E-state index in [4.69, 9.17) is 5.11 Å². The zero-order valence-electron chi connectivity index (χ0n) is 11.4. The minimum Gasteiger partial charge on any atom is -0.478 e. The molecule has 0 heterocycles. The number of aromatic carboxylic acids is 1. The van der Waals surface area contributed by atoms with E-state index in [2.05, 4.69) is 34.7 Å². The first-order chi connectivity index (χ1) is 8.99. The van der Waals surface area contributed by atoms with Crippen LogP contribution in [0.25, 0.3) is 0 Å². The monoisotopic (exact) mass is 325 g/mol. The van der Waals surface area contributed by atoms with Gasteiger partial charge in [-0.1, -0.05) is 13.8 Å². The zero-order chi connectivity index (χ0) is 14.0. The summed E-state index contributed by atoms with van der Waals surface area (Å²) in [5.41, 5.74) is 1.45. The van der Waals surface area contributed by atoms with Gasteiger partial charge in [0.25, 0.3) is 0 Å².